The van der Waals surface area contributed by atoms with Crippen LogP contribution >= 0.6 is 0 Å². The summed E-state index contributed by atoms with van der Waals surface area (Å²) in [4.78, 5) is 0. The summed E-state index contributed by atoms with van der Waals surface area (Å²) in [6.45, 7) is 2.85. The van der Waals surface area contributed by atoms with Gasteiger partial charge in [0.25, 0.3) is 0 Å². The first-order valence-electron chi connectivity index (χ1n) is 10.6. The number of aromatic nitrogens is 1. The highest BCUT2D eigenvalue weighted by molar-refractivity contribution is 5.72. The van der Waals surface area contributed by atoms with Crippen molar-refractivity contribution in [3.8, 4) is 23.0 Å². The average molecular weight is 436 g/mol. The third-order valence-corrected chi connectivity index (χ3v) is 4.83. The van der Waals surface area contributed by atoms with Crippen LogP contribution in [0.15, 0.2) is 47.0 Å². The Labute approximate surface area is 188 Å². The molecule has 3 aromatic rings. The summed E-state index contributed by atoms with van der Waals surface area (Å²) >= 11 is 0. The quantitative estimate of drug-likeness (QED) is 0.356. The van der Waals surface area contributed by atoms with Crippen molar-refractivity contribution in [2.24, 2.45) is 0 Å². The number of methoxy groups -OCH3 is 2. The van der Waals surface area contributed by atoms with Gasteiger partial charge >= 0.3 is 0 Å². The number of phenolic OH excluding ortho intramolecular Hbond substituents is 1. The average Bonchev–Trinajstić information content (AvgIpc) is 3.28. The molecule has 0 atom stereocenters. The SMILES string of the molecule is CCCCCOc1ccc(/C=C/c2cc(/C=C/c3ccc(O)c(OC)c3)no2)cc1OC. The van der Waals surface area contributed by atoms with Crippen molar-refractivity contribution in [2.75, 3.05) is 20.8 Å². The zero-order chi connectivity index (χ0) is 22.8. The molecule has 0 spiro atoms. The van der Waals surface area contributed by atoms with Crippen LogP contribution in [0.2, 0.25) is 0 Å². The second-order valence-corrected chi connectivity index (χ2v) is 7.22. The number of hydrogen-bond donors (Lipinski definition) is 1. The van der Waals surface area contributed by atoms with Crippen molar-refractivity contribution >= 4 is 24.3 Å². The van der Waals surface area contributed by atoms with E-state index < -0.39 is 0 Å². The van der Waals surface area contributed by atoms with Crippen LogP contribution in [0.3, 0.4) is 0 Å². The standard InChI is InChI=1S/C26H29NO5/c1-4-5-6-15-31-24-14-10-20(17-26(24)30-3)8-12-22-18-21(27-32-22)11-7-19-9-13-23(28)25(16-19)29-2/h7-14,16-18,28H,4-6,15H2,1-3H3/b11-7+,12-8+. The lowest BCUT2D eigenvalue weighted by Crippen LogP contribution is -1.99. The molecular weight excluding hydrogens is 406 g/mol. The molecule has 1 N–H and O–H groups in total. The second kappa shape index (κ2) is 11.6. The topological polar surface area (TPSA) is 74.0 Å². The predicted octanol–water partition coefficient (Wildman–Crippen LogP) is 6.31. The highest BCUT2D eigenvalue weighted by Crippen LogP contribution is 2.29. The lowest BCUT2D eigenvalue weighted by atomic mass is 10.1. The van der Waals surface area contributed by atoms with Crippen LogP contribution in [0.5, 0.6) is 23.0 Å². The highest BCUT2D eigenvalue weighted by Gasteiger charge is 2.06. The molecule has 0 fully saturated rings. The summed E-state index contributed by atoms with van der Waals surface area (Å²) < 4.78 is 21.8. The third-order valence-electron chi connectivity index (χ3n) is 4.83. The van der Waals surface area contributed by atoms with Crippen LogP contribution in [-0.4, -0.2) is 31.1 Å². The largest absolute Gasteiger partial charge is 0.504 e. The van der Waals surface area contributed by atoms with Crippen molar-refractivity contribution in [1.29, 1.82) is 0 Å². The lowest BCUT2D eigenvalue weighted by molar-refractivity contribution is 0.286. The van der Waals surface area contributed by atoms with E-state index in [1.54, 1.807) is 25.3 Å². The molecule has 1 heterocycles. The zero-order valence-corrected chi connectivity index (χ0v) is 18.7. The Kier molecular flexibility index (Phi) is 8.37. The van der Waals surface area contributed by atoms with Crippen LogP contribution < -0.4 is 14.2 Å². The molecule has 0 amide bonds. The second-order valence-electron chi connectivity index (χ2n) is 7.22. The van der Waals surface area contributed by atoms with E-state index in [0.29, 0.717) is 29.6 Å². The van der Waals surface area contributed by atoms with Gasteiger partial charge in [-0.15, -0.1) is 0 Å². The summed E-state index contributed by atoms with van der Waals surface area (Å²) in [6.07, 6.45) is 10.8. The van der Waals surface area contributed by atoms with E-state index in [1.165, 1.54) is 7.11 Å². The molecule has 0 radical (unpaired) electrons. The third kappa shape index (κ3) is 6.41. The number of ether oxygens (including phenoxy) is 3. The number of unbranched alkanes of at least 4 members (excludes halogenated alkanes) is 2. The first-order chi connectivity index (χ1) is 15.6. The van der Waals surface area contributed by atoms with Crippen LogP contribution in [-0.2, 0) is 0 Å². The van der Waals surface area contributed by atoms with Gasteiger partial charge in [-0.05, 0) is 54.0 Å². The molecular formula is C26H29NO5. The van der Waals surface area contributed by atoms with E-state index in [1.807, 2.05) is 48.6 Å². The van der Waals surface area contributed by atoms with E-state index in [-0.39, 0.29) is 5.75 Å². The Bertz CT molecular complexity index is 1070. The van der Waals surface area contributed by atoms with E-state index in [2.05, 4.69) is 12.1 Å². The van der Waals surface area contributed by atoms with Gasteiger partial charge in [0.2, 0.25) is 0 Å². The van der Waals surface area contributed by atoms with Crippen molar-refractivity contribution < 1.29 is 23.8 Å². The van der Waals surface area contributed by atoms with E-state index in [4.69, 9.17) is 18.7 Å². The highest BCUT2D eigenvalue weighted by atomic mass is 16.5. The summed E-state index contributed by atoms with van der Waals surface area (Å²) in [6, 6.07) is 12.8. The Balaban J connectivity index is 1.64. The summed E-state index contributed by atoms with van der Waals surface area (Å²) in [5, 5.41) is 13.7. The Morgan fingerprint density at radius 3 is 2.31 bits per heavy atom. The molecule has 0 aliphatic heterocycles. The minimum Gasteiger partial charge on any atom is -0.504 e. The maximum atomic E-state index is 9.68. The van der Waals surface area contributed by atoms with E-state index >= 15 is 0 Å². The summed E-state index contributed by atoms with van der Waals surface area (Å²) in [5.74, 6) is 2.61. The maximum Gasteiger partial charge on any atom is 0.161 e. The zero-order valence-electron chi connectivity index (χ0n) is 18.7. The van der Waals surface area contributed by atoms with Crippen LogP contribution in [0.1, 0.15) is 48.8 Å². The molecule has 0 saturated heterocycles. The van der Waals surface area contributed by atoms with Gasteiger partial charge in [0.05, 0.1) is 20.8 Å². The van der Waals surface area contributed by atoms with E-state index in [9.17, 15) is 5.11 Å². The maximum absolute atomic E-state index is 9.68. The van der Waals surface area contributed by atoms with Gasteiger partial charge in [-0.1, -0.05) is 49.2 Å². The minimum absolute atomic E-state index is 0.103. The van der Waals surface area contributed by atoms with Crippen LogP contribution in [0.25, 0.3) is 24.3 Å². The molecule has 0 bridgehead atoms. The molecule has 1 aromatic heterocycles. The number of rotatable bonds is 11. The molecule has 6 nitrogen and oxygen atoms in total. The minimum atomic E-state index is 0.103. The van der Waals surface area contributed by atoms with Crippen LogP contribution in [0.4, 0.5) is 0 Å². The molecule has 0 aliphatic rings. The van der Waals surface area contributed by atoms with Crippen LogP contribution in [0, 0.1) is 0 Å². The number of hydrogen-bond acceptors (Lipinski definition) is 6. The van der Waals surface area contributed by atoms with Gasteiger partial charge in [-0.25, -0.2) is 0 Å². The van der Waals surface area contributed by atoms with Crippen molar-refractivity contribution in [3.05, 3.63) is 65.0 Å². The van der Waals surface area contributed by atoms with Crippen molar-refractivity contribution in [1.82, 2.24) is 5.16 Å². The Morgan fingerprint density at radius 1 is 0.844 bits per heavy atom. The number of benzene rings is 2. The molecule has 6 heteroatoms. The fraction of sp³-hybridized carbons (Fsp3) is 0.269. The number of nitrogens with zero attached hydrogens (tertiary/aromatic N) is 1. The molecule has 168 valence electrons. The molecule has 32 heavy (non-hydrogen) atoms. The first kappa shape index (κ1) is 23.0. The van der Waals surface area contributed by atoms with Gasteiger partial charge < -0.3 is 23.8 Å². The fourth-order valence-electron chi connectivity index (χ4n) is 3.06. The molecule has 0 saturated carbocycles. The van der Waals surface area contributed by atoms with Gasteiger partial charge in [0, 0.05) is 6.07 Å². The van der Waals surface area contributed by atoms with Gasteiger partial charge in [0.1, 0.15) is 5.69 Å². The van der Waals surface area contributed by atoms with Crippen molar-refractivity contribution in [3.63, 3.8) is 0 Å². The summed E-state index contributed by atoms with van der Waals surface area (Å²) in [7, 11) is 3.16. The van der Waals surface area contributed by atoms with Gasteiger partial charge in [0.15, 0.2) is 28.8 Å². The molecule has 2 aromatic carbocycles. The Hall–Kier alpha value is -3.67. The number of phenols is 1. The monoisotopic (exact) mass is 435 g/mol. The Morgan fingerprint density at radius 2 is 1.56 bits per heavy atom. The normalized spacial score (nSPS) is 11.3. The van der Waals surface area contributed by atoms with Gasteiger partial charge in [-0.2, -0.15) is 0 Å². The summed E-state index contributed by atoms with van der Waals surface area (Å²) in [5.41, 5.74) is 2.53. The predicted molar refractivity (Wildman–Crippen MR) is 127 cm³/mol. The molecule has 0 unspecified atom stereocenters. The molecule has 0 aliphatic carbocycles. The number of aromatic hydroxyl groups is 1. The first-order valence-corrected chi connectivity index (χ1v) is 10.6. The lowest BCUT2D eigenvalue weighted by Gasteiger charge is -2.11. The van der Waals surface area contributed by atoms with Crippen molar-refractivity contribution in [2.45, 2.75) is 26.2 Å². The smallest absolute Gasteiger partial charge is 0.161 e. The van der Waals surface area contributed by atoms with E-state index in [0.717, 1.165) is 36.1 Å². The molecule has 3 rings (SSSR count). The fourth-order valence-corrected chi connectivity index (χ4v) is 3.06. The van der Waals surface area contributed by atoms with Gasteiger partial charge in [-0.3, -0.25) is 0 Å².